The molecule has 0 spiro atoms. The van der Waals surface area contributed by atoms with Gasteiger partial charge in [-0.15, -0.1) is 22.0 Å². The Hall–Kier alpha value is -4.15. The number of hydrogen-bond donors (Lipinski definition) is 2. The number of carbonyl (C=O) groups is 1. The molecule has 39 heavy (non-hydrogen) atoms. The highest BCUT2D eigenvalue weighted by atomic mass is 35.5. The Morgan fingerprint density at radius 2 is 2.03 bits per heavy atom. The van der Waals surface area contributed by atoms with Gasteiger partial charge in [0.1, 0.15) is 24.7 Å². The fourth-order valence-electron chi connectivity index (χ4n) is 4.58. The van der Waals surface area contributed by atoms with Crippen LogP contribution in [0.3, 0.4) is 0 Å². The van der Waals surface area contributed by atoms with E-state index in [1.54, 1.807) is 11.8 Å². The quantitative estimate of drug-likeness (QED) is 0.241. The lowest BCUT2D eigenvalue weighted by Gasteiger charge is -2.20. The molecule has 9 nitrogen and oxygen atoms in total. The van der Waals surface area contributed by atoms with Crippen LogP contribution in [0.15, 0.2) is 66.7 Å². The third-order valence-corrected chi connectivity index (χ3v) is 7.93. The number of carboxylic acids is 1. The van der Waals surface area contributed by atoms with Gasteiger partial charge in [0.15, 0.2) is 0 Å². The highest BCUT2D eigenvalue weighted by Crippen LogP contribution is 2.47. The first-order chi connectivity index (χ1) is 19.0. The zero-order valence-electron chi connectivity index (χ0n) is 20.5. The molecular weight excluding hydrogens is 538 g/mol. The highest BCUT2D eigenvalue weighted by molar-refractivity contribution is 7.99. The van der Waals surface area contributed by atoms with Gasteiger partial charge in [-0.3, -0.25) is 4.79 Å². The summed E-state index contributed by atoms with van der Waals surface area (Å²) in [4.78, 5) is 16.0. The van der Waals surface area contributed by atoms with Crippen LogP contribution in [0.2, 0.25) is 5.02 Å². The van der Waals surface area contributed by atoms with E-state index >= 15 is 0 Å². The van der Waals surface area contributed by atoms with E-state index in [0.29, 0.717) is 34.7 Å². The van der Waals surface area contributed by atoms with Crippen LogP contribution in [0.25, 0.3) is 22.3 Å². The summed E-state index contributed by atoms with van der Waals surface area (Å²) in [6, 6.07) is 21.2. The minimum absolute atomic E-state index is 0.0467. The molecule has 0 saturated heterocycles. The summed E-state index contributed by atoms with van der Waals surface area (Å²) in [5, 5.41) is 25.2. The Labute approximate surface area is 232 Å². The van der Waals surface area contributed by atoms with Crippen molar-refractivity contribution in [3.05, 3.63) is 94.1 Å². The largest absolute Gasteiger partial charge is 0.489 e. The van der Waals surface area contributed by atoms with Crippen molar-refractivity contribution in [3.8, 4) is 22.9 Å². The molecule has 0 bridgehead atoms. The predicted molar refractivity (Wildman–Crippen MR) is 148 cm³/mol. The molecule has 5 aromatic rings. The van der Waals surface area contributed by atoms with Crippen molar-refractivity contribution < 1.29 is 19.4 Å². The number of benzene rings is 3. The highest BCUT2D eigenvalue weighted by Gasteiger charge is 2.28. The van der Waals surface area contributed by atoms with Crippen LogP contribution in [0, 0.1) is 0 Å². The number of aromatic amines is 1. The van der Waals surface area contributed by atoms with Crippen LogP contribution in [0.1, 0.15) is 34.1 Å². The summed E-state index contributed by atoms with van der Waals surface area (Å²) < 4.78 is 12.4. The van der Waals surface area contributed by atoms with Crippen LogP contribution in [-0.2, 0) is 18.0 Å². The first-order valence-electron chi connectivity index (χ1n) is 12.2. The van der Waals surface area contributed by atoms with Gasteiger partial charge < -0.3 is 14.6 Å². The molecule has 0 fully saturated rings. The molecule has 1 aliphatic rings. The number of fused-ring (bicyclic) bond motifs is 3. The minimum Gasteiger partial charge on any atom is -0.489 e. The van der Waals surface area contributed by atoms with E-state index < -0.39 is 5.97 Å². The molecule has 0 aliphatic carbocycles. The number of nitrogens with zero attached hydrogens (tertiary/aromatic N) is 4. The molecule has 1 atom stereocenters. The summed E-state index contributed by atoms with van der Waals surface area (Å²) in [6.07, 6.45) is 0.0467. The normalized spacial score (nSPS) is 14.2. The molecule has 1 aliphatic heterocycles. The monoisotopic (exact) mass is 559 g/mol. The zero-order valence-corrected chi connectivity index (χ0v) is 22.1. The minimum atomic E-state index is -0.838. The Balaban J connectivity index is 1.32. The first kappa shape index (κ1) is 25.1. The fraction of sp³-hybridized carbons (Fsp3) is 0.179. The lowest BCUT2D eigenvalue weighted by molar-refractivity contribution is -0.136. The molecule has 0 radical (unpaired) electrons. The molecule has 11 heteroatoms. The molecule has 6 rings (SSSR count). The molecule has 3 aromatic carbocycles. The van der Waals surface area contributed by atoms with Crippen LogP contribution >= 0.6 is 23.4 Å². The molecule has 2 N–H and O–H groups in total. The molecule has 2 aromatic heterocycles. The molecule has 0 saturated carbocycles. The van der Waals surface area contributed by atoms with Crippen molar-refractivity contribution >= 4 is 40.2 Å². The topological polar surface area (TPSA) is 123 Å². The summed E-state index contributed by atoms with van der Waals surface area (Å²) in [6.45, 7) is 0.588. The van der Waals surface area contributed by atoms with E-state index in [-0.39, 0.29) is 18.3 Å². The summed E-state index contributed by atoms with van der Waals surface area (Å²) >= 11 is 7.69. The van der Waals surface area contributed by atoms with E-state index in [4.69, 9.17) is 21.1 Å². The smallest absolute Gasteiger partial charge is 0.304 e. The second kappa shape index (κ2) is 10.9. The maximum absolute atomic E-state index is 11.3. The van der Waals surface area contributed by atoms with Crippen molar-refractivity contribution in [2.45, 2.75) is 24.9 Å². The number of carboxylic acid groups (broad SMARTS) is 1. The van der Waals surface area contributed by atoms with E-state index in [2.05, 4.69) is 25.6 Å². The third kappa shape index (κ3) is 5.39. The van der Waals surface area contributed by atoms with Gasteiger partial charge in [0.05, 0.1) is 22.9 Å². The average molecular weight is 560 g/mol. The predicted octanol–water partition coefficient (Wildman–Crippen LogP) is 5.84. The van der Waals surface area contributed by atoms with Crippen molar-refractivity contribution in [2.75, 3.05) is 5.75 Å². The second-order valence-electron chi connectivity index (χ2n) is 8.92. The van der Waals surface area contributed by atoms with Gasteiger partial charge in [-0.1, -0.05) is 41.9 Å². The zero-order chi connectivity index (χ0) is 26.8. The summed E-state index contributed by atoms with van der Waals surface area (Å²) in [5.41, 5.74) is 5.25. The van der Waals surface area contributed by atoms with E-state index in [1.807, 2.05) is 66.7 Å². The SMILES string of the molecule is O=C(O)CCSC1c2cc(OCc3ccc4ccc(Cl)cc4n3)ccc2OCc2c(-c3nn[nH]n3)cccc21. The number of rotatable bonds is 8. The van der Waals surface area contributed by atoms with Gasteiger partial charge in [-0.2, -0.15) is 5.21 Å². The summed E-state index contributed by atoms with van der Waals surface area (Å²) in [7, 11) is 0. The van der Waals surface area contributed by atoms with Gasteiger partial charge in [-0.25, -0.2) is 4.98 Å². The molecule has 1 unspecified atom stereocenters. The molecule has 196 valence electrons. The van der Waals surface area contributed by atoms with Crippen molar-refractivity contribution in [3.63, 3.8) is 0 Å². The standard InChI is InChI=1S/C28H22ClN5O4S/c29-17-6-4-16-5-7-18(30-24(16)12-17)14-37-19-8-9-25-22(13-19)27(39-11-10-26(35)36)20-2-1-3-21(23(20)15-38-25)28-31-33-34-32-28/h1-9,12-13,27H,10-11,14-15H2,(H,35,36)(H,31,32,33,34). The lowest BCUT2D eigenvalue weighted by Crippen LogP contribution is -2.05. The van der Waals surface area contributed by atoms with E-state index in [9.17, 15) is 9.90 Å². The number of H-pyrrole nitrogens is 1. The van der Waals surface area contributed by atoms with Crippen LogP contribution in [0.4, 0.5) is 0 Å². The Morgan fingerprint density at radius 1 is 1.13 bits per heavy atom. The van der Waals surface area contributed by atoms with Gasteiger partial charge in [0.2, 0.25) is 5.82 Å². The van der Waals surface area contributed by atoms with Crippen molar-refractivity contribution in [1.82, 2.24) is 25.6 Å². The number of aliphatic carboxylic acids is 1. The molecule has 3 heterocycles. The van der Waals surface area contributed by atoms with Gasteiger partial charge in [-0.05, 0) is 47.2 Å². The maximum Gasteiger partial charge on any atom is 0.304 e. The number of thioether (sulfide) groups is 1. The second-order valence-corrected chi connectivity index (χ2v) is 10.6. The molecular formula is C28H22ClN5O4S. The summed E-state index contributed by atoms with van der Waals surface area (Å²) in [5.74, 6) is 1.44. The van der Waals surface area contributed by atoms with Crippen LogP contribution < -0.4 is 9.47 Å². The van der Waals surface area contributed by atoms with Gasteiger partial charge in [0, 0.05) is 32.9 Å². The van der Waals surface area contributed by atoms with E-state index in [1.165, 1.54) is 0 Å². The number of aromatic nitrogens is 5. The third-order valence-electron chi connectivity index (χ3n) is 6.42. The van der Waals surface area contributed by atoms with Gasteiger partial charge >= 0.3 is 5.97 Å². The number of ether oxygens (including phenoxy) is 2. The fourth-order valence-corrected chi connectivity index (χ4v) is 6.04. The van der Waals surface area contributed by atoms with Gasteiger partial charge in [0.25, 0.3) is 0 Å². The number of halogens is 1. The first-order valence-corrected chi connectivity index (χ1v) is 13.6. The molecule has 0 amide bonds. The Kier molecular flexibility index (Phi) is 7.04. The Morgan fingerprint density at radius 3 is 2.87 bits per heavy atom. The Bertz CT molecular complexity index is 1660. The number of pyridine rings is 1. The number of hydrogen-bond acceptors (Lipinski definition) is 8. The number of nitrogens with one attached hydrogen (secondary N) is 1. The van der Waals surface area contributed by atoms with Crippen molar-refractivity contribution in [1.29, 1.82) is 0 Å². The van der Waals surface area contributed by atoms with E-state index in [0.717, 1.165) is 38.9 Å². The maximum atomic E-state index is 11.3. The van der Waals surface area contributed by atoms with Crippen LogP contribution in [-0.4, -0.2) is 42.4 Å². The van der Waals surface area contributed by atoms with Crippen LogP contribution in [0.5, 0.6) is 11.5 Å². The lowest BCUT2D eigenvalue weighted by atomic mass is 9.96. The average Bonchev–Trinajstić information content (AvgIpc) is 3.43. The van der Waals surface area contributed by atoms with Crippen molar-refractivity contribution in [2.24, 2.45) is 0 Å². The number of tetrazole rings is 1.